The van der Waals surface area contributed by atoms with Gasteiger partial charge in [-0.1, -0.05) is 6.42 Å². The van der Waals surface area contributed by atoms with Gasteiger partial charge in [0.15, 0.2) is 11.9 Å². The van der Waals surface area contributed by atoms with Crippen LogP contribution in [-0.4, -0.2) is 43.8 Å². The van der Waals surface area contributed by atoms with E-state index in [1.807, 2.05) is 20.8 Å². The average molecular weight is 300 g/mol. The molecule has 1 aliphatic heterocycles. The summed E-state index contributed by atoms with van der Waals surface area (Å²) in [5, 5.41) is 0. The molecule has 122 valence electrons. The van der Waals surface area contributed by atoms with E-state index in [1.165, 1.54) is 7.11 Å². The van der Waals surface area contributed by atoms with Crippen LogP contribution in [0.4, 0.5) is 0 Å². The molecule has 0 aromatic rings. The molecular weight excluding hydrogens is 272 g/mol. The first-order valence-corrected chi connectivity index (χ1v) is 7.80. The highest BCUT2D eigenvalue weighted by Gasteiger charge is 2.54. The maximum absolute atomic E-state index is 12.0. The van der Waals surface area contributed by atoms with Crippen LogP contribution in [0.15, 0.2) is 0 Å². The van der Waals surface area contributed by atoms with Gasteiger partial charge in [-0.25, -0.2) is 4.79 Å². The lowest BCUT2D eigenvalue weighted by atomic mass is 9.75. The first-order valence-electron chi connectivity index (χ1n) is 7.80. The van der Waals surface area contributed by atoms with Gasteiger partial charge in [-0.15, -0.1) is 0 Å². The zero-order valence-corrected chi connectivity index (χ0v) is 13.8. The van der Waals surface area contributed by atoms with E-state index in [1.54, 1.807) is 7.11 Å². The van der Waals surface area contributed by atoms with Gasteiger partial charge >= 0.3 is 5.97 Å². The van der Waals surface area contributed by atoms with Crippen molar-refractivity contribution in [2.45, 2.75) is 76.5 Å². The molecule has 1 saturated carbocycles. The van der Waals surface area contributed by atoms with E-state index >= 15 is 0 Å². The summed E-state index contributed by atoms with van der Waals surface area (Å²) in [7, 11) is 3.05. The zero-order valence-electron chi connectivity index (χ0n) is 13.8. The van der Waals surface area contributed by atoms with E-state index in [2.05, 4.69) is 0 Å². The third-order valence-electron chi connectivity index (χ3n) is 4.41. The number of ether oxygens (including phenoxy) is 4. The lowest BCUT2D eigenvalue weighted by Gasteiger charge is -2.52. The van der Waals surface area contributed by atoms with Gasteiger partial charge in [0.25, 0.3) is 0 Å². The monoisotopic (exact) mass is 300 g/mol. The molecule has 2 fully saturated rings. The van der Waals surface area contributed by atoms with Crippen LogP contribution in [0.1, 0.15) is 52.9 Å². The van der Waals surface area contributed by atoms with E-state index in [0.717, 1.165) is 25.7 Å². The van der Waals surface area contributed by atoms with E-state index in [-0.39, 0.29) is 23.6 Å². The zero-order chi connectivity index (χ0) is 15.7. The van der Waals surface area contributed by atoms with Crippen molar-refractivity contribution in [1.29, 1.82) is 0 Å². The molecule has 4 atom stereocenters. The standard InChI is InChI=1S/C16H28O5/c1-15(2,3)20-12-10-13(14(17)18-4)21-16(19-5)9-7-6-8-11(12)16/h11-13H,6-10H2,1-5H3/t11-,12-,13-,16-/m1/s1. The van der Waals surface area contributed by atoms with Gasteiger partial charge < -0.3 is 18.9 Å². The van der Waals surface area contributed by atoms with Gasteiger partial charge in [-0.05, 0) is 33.6 Å². The molecule has 1 aliphatic carbocycles. The Hall–Kier alpha value is -0.650. The Bertz CT molecular complexity index is 375. The maximum atomic E-state index is 12.0. The second-order valence-corrected chi connectivity index (χ2v) is 7.00. The minimum absolute atomic E-state index is 0.0527. The van der Waals surface area contributed by atoms with Gasteiger partial charge in [0.1, 0.15) is 0 Å². The summed E-state index contributed by atoms with van der Waals surface area (Å²) in [6.07, 6.45) is 3.85. The molecule has 0 aromatic carbocycles. The fourth-order valence-corrected chi connectivity index (χ4v) is 3.58. The molecule has 0 spiro atoms. The maximum Gasteiger partial charge on any atom is 0.335 e. The summed E-state index contributed by atoms with van der Waals surface area (Å²) in [4.78, 5) is 12.0. The molecule has 0 amide bonds. The molecule has 0 N–H and O–H groups in total. The second kappa shape index (κ2) is 6.23. The van der Waals surface area contributed by atoms with Crippen molar-refractivity contribution in [2.24, 2.45) is 5.92 Å². The number of fused-ring (bicyclic) bond motifs is 1. The van der Waals surface area contributed by atoms with E-state index in [0.29, 0.717) is 6.42 Å². The Labute approximate surface area is 127 Å². The first-order chi connectivity index (χ1) is 9.81. The average Bonchev–Trinajstić information content (AvgIpc) is 2.44. The molecule has 2 rings (SSSR count). The predicted molar refractivity (Wildman–Crippen MR) is 77.8 cm³/mol. The Balaban J connectivity index is 2.26. The van der Waals surface area contributed by atoms with E-state index in [9.17, 15) is 4.79 Å². The number of carbonyl (C=O) groups is 1. The first kappa shape index (κ1) is 16.7. The normalized spacial score (nSPS) is 36.9. The van der Waals surface area contributed by atoms with Gasteiger partial charge in [0.2, 0.25) is 0 Å². The van der Waals surface area contributed by atoms with Crippen LogP contribution >= 0.6 is 0 Å². The van der Waals surface area contributed by atoms with Crippen molar-refractivity contribution >= 4 is 5.97 Å². The lowest BCUT2D eigenvalue weighted by Crippen LogP contribution is -2.59. The van der Waals surface area contributed by atoms with Crippen LogP contribution in [-0.2, 0) is 23.7 Å². The van der Waals surface area contributed by atoms with Crippen molar-refractivity contribution < 1.29 is 23.7 Å². The molecule has 2 aliphatic rings. The van der Waals surface area contributed by atoms with Crippen molar-refractivity contribution in [2.75, 3.05) is 14.2 Å². The largest absolute Gasteiger partial charge is 0.467 e. The van der Waals surface area contributed by atoms with Crippen LogP contribution in [0.25, 0.3) is 0 Å². The predicted octanol–water partition coefficient (Wildman–Crippen LogP) is 2.66. The fourth-order valence-electron chi connectivity index (χ4n) is 3.58. The SMILES string of the molecule is COC(=O)[C@H]1C[C@@H](OC(C)(C)C)[C@H]2CCCC[C@@]2(OC)O1. The lowest BCUT2D eigenvalue weighted by molar-refractivity contribution is -0.335. The molecule has 5 nitrogen and oxygen atoms in total. The second-order valence-electron chi connectivity index (χ2n) is 7.00. The molecular formula is C16H28O5. The Morgan fingerprint density at radius 3 is 2.52 bits per heavy atom. The number of rotatable bonds is 3. The summed E-state index contributed by atoms with van der Waals surface area (Å²) < 4.78 is 22.9. The van der Waals surface area contributed by atoms with Crippen LogP contribution in [0.5, 0.6) is 0 Å². The number of esters is 1. The van der Waals surface area contributed by atoms with Crippen LogP contribution in [0.2, 0.25) is 0 Å². The van der Waals surface area contributed by atoms with Gasteiger partial charge in [-0.2, -0.15) is 0 Å². The molecule has 0 bridgehead atoms. The molecule has 5 heteroatoms. The third kappa shape index (κ3) is 3.58. The highest BCUT2D eigenvalue weighted by atomic mass is 16.7. The summed E-state index contributed by atoms with van der Waals surface area (Å²) in [5.74, 6) is -0.903. The number of hydrogen-bond donors (Lipinski definition) is 0. The van der Waals surface area contributed by atoms with Crippen LogP contribution < -0.4 is 0 Å². The minimum Gasteiger partial charge on any atom is -0.467 e. The topological polar surface area (TPSA) is 54.0 Å². The van der Waals surface area contributed by atoms with Crippen molar-refractivity contribution in [1.82, 2.24) is 0 Å². The van der Waals surface area contributed by atoms with Crippen molar-refractivity contribution in [3.63, 3.8) is 0 Å². The number of carbonyl (C=O) groups excluding carboxylic acids is 1. The molecule has 0 aromatic heterocycles. The quantitative estimate of drug-likeness (QED) is 0.750. The minimum atomic E-state index is -0.717. The summed E-state index contributed by atoms with van der Waals surface area (Å²) >= 11 is 0. The van der Waals surface area contributed by atoms with Gasteiger partial charge in [0.05, 0.1) is 18.8 Å². The fraction of sp³-hybridized carbons (Fsp3) is 0.938. The highest BCUT2D eigenvalue weighted by molar-refractivity contribution is 5.74. The van der Waals surface area contributed by atoms with Gasteiger partial charge in [-0.3, -0.25) is 0 Å². The third-order valence-corrected chi connectivity index (χ3v) is 4.41. The molecule has 1 heterocycles. The number of methoxy groups -OCH3 is 2. The highest BCUT2D eigenvalue weighted by Crippen LogP contribution is 2.46. The molecule has 0 radical (unpaired) electrons. The Morgan fingerprint density at radius 1 is 1.24 bits per heavy atom. The van der Waals surface area contributed by atoms with Crippen LogP contribution in [0, 0.1) is 5.92 Å². The smallest absolute Gasteiger partial charge is 0.335 e. The van der Waals surface area contributed by atoms with Crippen molar-refractivity contribution in [3.05, 3.63) is 0 Å². The van der Waals surface area contributed by atoms with Gasteiger partial charge in [0, 0.05) is 25.9 Å². The van der Waals surface area contributed by atoms with E-state index < -0.39 is 11.9 Å². The Kier molecular flexibility index (Phi) is 4.96. The van der Waals surface area contributed by atoms with Crippen LogP contribution in [0.3, 0.4) is 0 Å². The Morgan fingerprint density at radius 2 is 1.95 bits per heavy atom. The van der Waals surface area contributed by atoms with Crippen molar-refractivity contribution in [3.8, 4) is 0 Å². The van der Waals surface area contributed by atoms with E-state index in [4.69, 9.17) is 18.9 Å². The summed E-state index contributed by atoms with van der Waals surface area (Å²) in [6.45, 7) is 6.10. The number of hydrogen-bond acceptors (Lipinski definition) is 5. The molecule has 1 saturated heterocycles. The summed E-state index contributed by atoms with van der Waals surface area (Å²) in [6, 6.07) is 0. The molecule has 21 heavy (non-hydrogen) atoms. The summed E-state index contributed by atoms with van der Waals surface area (Å²) in [5.41, 5.74) is -0.264. The molecule has 0 unspecified atom stereocenters.